The van der Waals surface area contributed by atoms with E-state index in [-0.39, 0.29) is 10.6 Å². The van der Waals surface area contributed by atoms with Crippen molar-refractivity contribution < 1.29 is 13.5 Å². The molecule has 5 heteroatoms. The molecule has 0 unspecified atom stereocenters. The Bertz CT molecular complexity index is 653. The lowest BCUT2D eigenvalue weighted by Crippen LogP contribution is -2.26. The van der Waals surface area contributed by atoms with Crippen LogP contribution < -0.4 is 0 Å². The number of hydrogen-bond donors (Lipinski definition) is 1. The number of rotatable bonds is 4. The van der Waals surface area contributed by atoms with E-state index in [4.69, 9.17) is 0 Å². The monoisotopic (exact) mass is 277 g/mol. The Kier molecular flexibility index (Phi) is 3.87. The number of benzene rings is 2. The summed E-state index contributed by atoms with van der Waals surface area (Å²) in [6, 6.07) is 15.0. The predicted molar refractivity (Wildman–Crippen MR) is 73.2 cm³/mol. The maximum Gasteiger partial charge on any atom is 0.243 e. The average Bonchev–Trinajstić information content (AvgIpc) is 2.40. The Morgan fingerprint density at radius 2 is 1.74 bits per heavy atom. The number of sulfonamides is 1. The van der Waals surface area contributed by atoms with Crippen LogP contribution in [0.4, 0.5) is 0 Å². The highest BCUT2D eigenvalue weighted by molar-refractivity contribution is 7.89. The molecule has 0 aliphatic heterocycles. The minimum atomic E-state index is -3.59. The standard InChI is InChI=1S/C14H15NO3S/c1-15(11-12-6-3-2-4-7-12)19(17,18)14-9-5-8-13(16)10-14/h2-10,16H,11H2,1H3. The molecule has 19 heavy (non-hydrogen) atoms. The molecule has 2 aromatic rings. The largest absolute Gasteiger partial charge is 0.508 e. The van der Waals surface area contributed by atoms with E-state index < -0.39 is 10.0 Å². The van der Waals surface area contributed by atoms with Crippen LogP contribution in [0.15, 0.2) is 59.5 Å². The molecule has 2 aromatic carbocycles. The molecule has 0 aliphatic carbocycles. The molecule has 0 saturated carbocycles. The van der Waals surface area contributed by atoms with Crippen molar-refractivity contribution in [3.05, 3.63) is 60.2 Å². The lowest BCUT2D eigenvalue weighted by Gasteiger charge is -2.17. The van der Waals surface area contributed by atoms with Gasteiger partial charge in [0.05, 0.1) is 4.90 Å². The molecular formula is C14H15NO3S. The average molecular weight is 277 g/mol. The summed E-state index contributed by atoms with van der Waals surface area (Å²) in [5.74, 6) is -0.0609. The van der Waals surface area contributed by atoms with Gasteiger partial charge in [-0.05, 0) is 23.8 Å². The van der Waals surface area contributed by atoms with Gasteiger partial charge in [0.1, 0.15) is 5.75 Å². The Morgan fingerprint density at radius 3 is 2.37 bits per heavy atom. The van der Waals surface area contributed by atoms with Gasteiger partial charge < -0.3 is 5.11 Å². The van der Waals surface area contributed by atoms with E-state index in [1.807, 2.05) is 30.3 Å². The predicted octanol–water partition coefficient (Wildman–Crippen LogP) is 2.21. The summed E-state index contributed by atoms with van der Waals surface area (Å²) in [4.78, 5) is 0.0888. The maximum atomic E-state index is 12.3. The summed E-state index contributed by atoms with van der Waals surface area (Å²) >= 11 is 0. The second-order valence-electron chi connectivity index (χ2n) is 4.24. The molecule has 0 aliphatic rings. The normalized spacial score (nSPS) is 11.7. The second-order valence-corrected chi connectivity index (χ2v) is 6.29. The van der Waals surface area contributed by atoms with Gasteiger partial charge in [0, 0.05) is 13.6 Å². The van der Waals surface area contributed by atoms with Crippen LogP contribution in [0.2, 0.25) is 0 Å². The minimum absolute atomic E-state index is 0.0609. The molecule has 0 fully saturated rings. The van der Waals surface area contributed by atoms with E-state index in [2.05, 4.69) is 0 Å². The lowest BCUT2D eigenvalue weighted by molar-refractivity contribution is 0.460. The van der Waals surface area contributed by atoms with E-state index in [9.17, 15) is 13.5 Å². The third-order valence-corrected chi connectivity index (χ3v) is 4.57. The topological polar surface area (TPSA) is 57.6 Å². The van der Waals surface area contributed by atoms with Crippen molar-refractivity contribution in [1.29, 1.82) is 0 Å². The molecule has 0 saturated heterocycles. The summed E-state index contributed by atoms with van der Waals surface area (Å²) in [7, 11) is -2.07. The molecule has 0 amide bonds. The van der Waals surface area contributed by atoms with E-state index in [1.54, 1.807) is 0 Å². The van der Waals surface area contributed by atoms with Crippen LogP contribution in [0.3, 0.4) is 0 Å². The molecule has 0 atom stereocenters. The first-order chi connectivity index (χ1) is 9.00. The molecule has 0 radical (unpaired) electrons. The highest BCUT2D eigenvalue weighted by Crippen LogP contribution is 2.20. The summed E-state index contributed by atoms with van der Waals surface area (Å²) in [6.07, 6.45) is 0. The van der Waals surface area contributed by atoms with Crippen LogP contribution in [0.5, 0.6) is 5.75 Å². The van der Waals surface area contributed by atoms with Gasteiger partial charge in [-0.1, -0.05) is 36.4 Å². The zero-order valence-corrected chi connectivity index (χ0v) is 11.3. The van der Waals surface area contributed by atoms with Gasteiger partial charge >= 0.3 is 0 Å². The molecule has 100 valence electrons. The molecule has 0 spiro atoms. The second kappa shape index (κ2) is 5.42. The number of aromatic hydroxyl groups is 1. The van der Waals surface area contributed by atoms with Crippen molar-refractivity contribution in [1.82, 2.24) is 4.31 Å². The van der Waals surface area contributed by atoms with E-state index in [0.717, 1.165) is 5.56 Å². The minimum Gasteiger partial charge on any atom is -0.508 e. The first kappa shape index (κ1) is 13.6. The van der Waals surface area contributed by atoms with Crippen LogP contribution in [0, 0.1) is 0 Å². The van der Waals surface area contributed by atoms with E-state index in [1.165, 1.54) is 35.6 Å². The van der Waals surface area contributed by atoms with Crippen LogP contribution in [-0.4, -0.2) is 24.9 Å². The van der Waals surface area contributed by atoms with Crippen molar-refractivity contribution in [2.45, 2.75) is 11.4 Å². The van der Waals surface area contributed by atoms with Crippen LogP contribution in [-0.2, 0) is 16.6 Å². The van der Waals surface area contributed by atoms with Gasteiger partial charge in [0.25, 0.3) is 0 Å². The fraction of sp³-hybridized carbons (Fsp3) is 0.143. The van der Waals surface area contributed by atoms with Gasteiger partial charge in [-0.25, -0.2) is 8.42 Å². The molecule has 0 bridgehead atoms. The molecular weight excluding hydrogens is 262 g/mol. The zero-order chi connectivity index (χ0) is 13.9. The van der Waals surface area contributed by atoms with E-state index >= 15 is 0 Å². The van der Waals surface area contributed by atoms with Crippen molar-refractivity contribution in [3.63, 3.8) is 0 Å². The smallest absolute Gasteiger partial charge is 0.243 e. The highest BCUT2D eigenvalue weighted by Gasteiger charge is 2.21. The Labute approximate surface area is 113 Å². The number of phenols is 1. The Morgan fingerprint density at radius 1 is 1.05 bits per heavy atom. The number of phenolic OH excluding ortho intramolecular Hbond substituents is 1. The molecule has 4 nitrogen and oxygen atoms in total. The first-order valence-corrected chi connectivity index (χ1v) is 7.23. The van der Waals surface area contributed by atoms with E-state index in [0.29, 0.717) is 6.54 Å². The Balaban J connectivity index is 2.25. The van der Waals surface area contributed by atoms with Crippen LogP contribution in [0.25, 0.3) is 0 Å². The fourth-order valence-corrected chi connectivity index (χ4v) is 2.95. The maximum absolute atomic E-state index is 12.3. The van der Waals surface area contributed by atoms with Crippen molar-refractivity contribution in [2.24, 2.45) is 0 Å². The summed E-state index contributed by atoms with van der Waals surface area (Å²) in [5, 5.41) is 9.36. The summed E-state index contributed by atoms with van der Waals surface area (Å²) in [5.41, 5.74) is 0.911. The molecule has 1 N–H and O–H groups in total. The van der Waals surface area contributed by atoms with Crippen molar-refractivity contribution in [2.75, 3.05) is 7.05 Å². The van der Waals surface area contributed by atoms with Gasteiger partial charge in [-0.2, -0.15) is 4.31 Å². The Hall–Kier alpha value is -1.85. The first-order valence-electron chi connectivity index (χ1n) is 5.79. The number of hydrogen-bond acceptors (Lipinski definition) is 3. The molecule has 2 rings (SSSR count). The third kappa shape index (κ3) is 3.13. The molecule has 0 aromatic heterocycles. The summed E-state index contributed by atoms with van der Waals surface area (Å²) in [6.45, 7) is 0.291. The van der Waals surface area contributed by atoms with Crippen molar-refractivity contribution in [3.8, 4) is 5.75 Å². The van der Waals surface area contributed by atoms with Crippen molar-refractivity contribution >= 4 is 10.0 Å². The SMILES string of the molecule is CN(Cc1ccccc1)S(=O)(=O)c1cccc(O)c1. The third-order valence-electron chi connectivity index (χ3n) is 2.77. The zero-order valence-electron chi connectivity index (χ0n) is 10.5. The number of nitrogens with zero attached hydrogens (tertiary/aromatic N) is 1. The van der Waals surface area contributed by atoms with Crippen LogP contribution in [0.1, 0.15) is 5.56 Å². The van der Waals surface area contributed by atoms with Gasteiger partial charge in [0.15, 0.2) is 0 Å². The van der Waals surface area contributed by atoms with Gasteiger partial charge in [-0.15, -0.1) is 0 Å². The van der Waals surface area contributed by atoms with Gasteiger partial charge in [-0.3, -0.25) is 0 Å². The lowest BCUT2D eigenvalue weighted by atomic mass is 10.2. The highest BCUT2D eigenvalue weighted by atomic mass is 32.2. The van der Waals surface area contributed by atoms with Crippen LogP contribution >= 0.6 is 0 Å². The van der Waals surface area contributed by atoms with Gasteiger partial charge in [0.2, 0.25) is 10.0 Å². The quantitative estimate of drug-likeness (QED) is 0.932. The molecule has 0 heterocycles. The fourth-order valence-electron chi connectivity index (χ4n) is 1.75. The summed E-state index contributed by atoms with van der Waals surface area (Å²) < 4.78 is 25.9.